The van der Waals surface area contributed by atoms with Gasteiger partial charge in [-0.2, -0.15) is 0 Å². The van der Waals surface area contributed by atoms with Crippen molar-refractivity contribution in [2.45, 2.75) is 25.4 Å². The summed E-state index contributed by atoms with van der Waals surface area (Å²) in [5.74, 6) is -2.04. The highest BCUT2D eigenvalue weighted by Gasteiger charge is 2.21. The summed E-state index contributed by atoms with van der Waals surface area (Å²) in [5.41, 5.74) is 9.01. The maximum atomic E-state index is 15.2. The number of likely N-dealkylation sites (tertiary alicyclic amines) is 1. The molecule has 0 unspecified atom stereocenters. The molecule has 2 aromatic carbocycles. The van der Waals surface area contributed by atoms with Gasteiger partial charge in [-0.05, 0) is 36.6 Å². The lowest BCUT2D eigenvalue weighted by Crippen LogP contribution is -2.38. The molecule has 3 aromatic rings. The van der Waals surface area contributed by atoms with E-state index in [4.69, 9.17) is 20.6 Å². The lowest BCUT2D eigenvalue weighted by atomic mass is 10.0. The molecule has 0 radical (unpaired) electrons. The predicted octanol–water partition coefficient (Wildman–Crippen LogP) is 3.33. The Morgan fingerprint density at radius 2 is 1.85 bits per heavy atom. The molecule has 210 valence electrons. The van der Waals surface area contributed by atoms with Crippen molar-refractivity contribution in [3.8, 4) is 11.1 Å². The molecule has 5 rings (SSSR count). The number of rotatable bonds is 8. The maximum absolute atomic E-state index is 15.2. The summed E-state index contributed by atoms with van der Waals surface area (Å²) in [4.78, 5) is 28.8. The standard InChI is InChI=1S/C29H32F2N6O3/c30-24-12-19(13-25(31)23(24)17-37-8-10-40-11-9-37)22-2-1-3-26-29(22)35-27(16-34-26)20(14-32)15-33-21-4-6-36(7-5-21)18-28(38)39/h1-3,12-16,21H,4-11,17-18,32H2,(H,38,39). The van der Waals surface area contributed by atoms with Crippen LogP contribution in [-0.4, -0.2) is 89.0 Å². The topological polar surface area (TPSA) is 117 Å². The van der Waals surface area contributed by atoms with Crippen molar-refractivity contribution in [1.82, 2.24) is 19.8 Å². The van der Waals surface area contributed by atoms with Gasteiger partial charge in [0.05, 0.1) is 48.7 Å². The van der Waals surface area contributed by atoms with Crippen LogP contribution in [0.1, 0.15) is 24.1 Å². The van der Waals surface area contributed by atoms with Crippen LogP contribution in [0, 0.1) is 11.6 Å². The highest BCUT2D eigenvalue weighted by atomic mass is 19.1. The van der Waals surface area contributed by atoms with Crippen molar-refractivity contribution >= 4 is 28.8 Å². The van der Waals surface area contributed by atoms with Gasteiger partial charge in [0.1, 0.15) is 11.6 Å². The van der Waals surface area contributed by atoms with Crippen LogP contribution in [0.4, 0.5) is 8.78 Å². The molecule has 0 amide bonds. The Morgan fingerprint density at radius 3 is 2.52 bits per heavy atom. The lowest BCUT2D eigenvalue weighted by Gasteiger charge is -2.28. The van der Waals surface area contributed by atoms with Crippen LogP contribution >= 0.6 is 0 Å². The number of fused-ring (bicyclic) bond motifs is 1. The molecule has 0 spiro atoms. The third-order valence-electron chi connectivity index (χ3n) is 7.33. The van der Waals surface area contributed by atoms with E-state index in [2.05, 4.69) is 9.98 Å². The average molecular weight is 551 g/mol. The maximum Gasteiger partial charge on any atom is 0.317 e. The van der Waals surface area contributed by atoms with Gasteiger partial charge in [0.2, 0.25) is 0 Å². The average Bonchev–Trinajstić information content (AvgIpc) is 2.96. The molecule has 2 saturated heterocycles. The Kier molecular flexibility index (Phi) is 8.73. The molecule has 1 aromatic heterocycles. The van der Waals surface area contributed by atoms with Gasteiger partial charge in [-0.3, -0.25) is 24.6 Å². The van der Waals surface area contributed by atoms with E-state index < -0.39 is 17.6 Å². The fraction of sp³-hybridized carbons (Fsp3) is 0.379. The van der Waals surface area contributed by atoms with E-state index in [1.54, 1.807) is 30.6 Å². The fourth-order valence-electron chi connectivity index (χ4n) is 5.10. The predicted molar refractivity (Wildman–Crippen MR) is 149 cm³/mol. The number of para-hydroxylation sites is 1. The number of hydrogen-bond donors (Lipinski definition) is 2. The van der Waals surface area contributed by atoms with Gasteiger partial charge < -0.3 is 15.6 Å². The molecular formula is C29H32F2N6O3. The number of aliphatic carboxylic acids is 1. The Hall–Kier alpha value is -3.80. The Balaban J connectivity index is 1.38. The first-order valence-electron chi connectivity index (χ1n) is 13.3. The van der Waals surface area contributed by atoms with E-state index in [0.717, 1.165) is 12.8 Å². The Bertz CT molecular complexity index is 1410. The number of halogens is 2. The first-order valence-corrected chi connectivity index (χ1v) is 13.3. The van der Waals surface area contributed by atoms with Gasteiger partial charge in [-0.15, -0.1) is 0 Å². The number of carboxylic acids is 1. The molecule has 40 heavy (non-hydrogen) atoms. The molecule has 0 atom stereocenters. The number of carbonyl (C=O) groups is 1. The molecular weight excluding hydrogens is 518 g/mol. The molecule has 2 fully saturated rings. The summed E-state index contributed by atoms with van der Waals surface area (Å²) in [7, 11) is 0. The first kappa shape index (κ1) is 27.8. The third-order valence-corrected chi connectivity index (χ3v) is 7.33. The van der Waals surface area contributed by atoms with Crippen molar-refractivity contribution in [1.29, 1.82) is 0 Å². The van der Waals surface area contributed by atoms with Crippen molar-refractivity contribution in [2.75, 3.05) is 45.9 Å². The van der Waals surface area contributed by atoms with E-state index in [1.807, 2.05) is 9.80 Å². The number of hydrogen-bond acceptors (Lipinski definition) is 8. The van der Waals surface area contributed by atoms with Crippen LogP contribution in [-0.2, 0) is 16.1 Å². The number of piperidine rings is 1. The summed E-state index contributed by atoms with van der Waals surface area (Å²) in [6.45, 7) is 3.90. The van der Waals surface area contributed by atoms with Crippen LogP contribution in [0.15, 0.2) is 47.7 Å². The van der Waals surface area contributed by atoms with E-state index in [9.17, 15) is 4.79 Å². The molecule has 0 aliphatic carbocycles. The van der Waals surface area contributed by atoms with Gasteiger partial charge in [0, 0.05) is 61.8 Å². The third kappa shape index (κ3) is 6.49. The summed E-state index contributed by atoms with van der Waals surface area (Å²) in [5, 5.41) is 8.98. The lowest BCUT2D eigenvalue weighted by molar-refractivity contribution is -0.138. The second-order valence-corrected chi connectivity index (χ2v) is 10.0. The van der Waals surface area contributed by atoms with E-state index in [1.165, 1.54) is 18.3 Å². The SMILES string of the molecule is NC=C(C=NC1CCN(CC(=O)O)CC1)c1cnc2cccc(-c3cc(F)c(CN4CCOCC4)c(F)c3)c2n1. The number of morpholine rings is 1. The van der Waals surface area contributed by atoms with Crippen LogP contribution in [0.25, 0.3) is 27.7 Å². The highest BCUT2D eigenvalue weighted by molar-refractivity contribution is 6.09. The number of aromatic nitrogens is 2. The summed E-state index contributed by atoms with van der Waals surface area (Å²) in [6, 6.07) is 8.08. The largest absolute Gasteiger partial charge is 0.480 e. The zero-order chi connectivity index (χ0) is 28.1. The molecule has 0 bridgehead atoms. The minimum absolute atomic E-state index is 0.0315. The fourth-order valence-corrected chi connectivity index (χ4v) is 5.10. The van der Waals surface area contributed by atoms with E-state index in [0.29, 0.717) is 72.8 Å². The molecule has 0 saturated carbocycles. The van der Waals surface area contributed by atoms with Gasteiger partial charge in [-0.25, -0.2) is 13.8 Å². The monoisotopic (exact) mass is 550 g/mol. The van der Waals surface area contributed by atoms with Crippen molar-refractivity contribution < 1.29 is 23.4 Å². The smallest absolute Gasteiger partial charge is 0.317 e. The number of benzene rings is 2. The second-order valence-electron chi connectivity index (χ2n) is 10.0. The molecule has 3 N–H and O–H groups in total. The van der Waals surface area contributed by atoms with Crippen molar-refractivity contribution in [2.24, 2.45) is 10.7 Å². The van der Waals surface area contributed by atoms with Gasteiger partial charge >= 0.3 is 5.97 Å². The number of carboxylic acid groups (broad SMARTS) is 1. The van der Waals surface area contributed by atoms with E-state index >= 15 is 8.78 Å². The first-order chi connectivity index (χ1) is 19.4. The Labute approximate surface area is 231 Å². The van der Waals surface area contributed by atoms with Crippen LogP contribution in [0.2, 0.25) is 0 Å². The van der Waals surface area contributed by atoms with Gasteiger partial charge in [0.15, 0.2) is 0 Å². The summed E-state index contributed by atoms with van der Waals surface area (Å²) in [6.07, 6.45) is 6.15. The van der Waals surface area contributed by atoms with Gasteiger partial charge in [-0.1, -0.05) is 12.1 Å². The summed E-state index contributed by atoms with van der Waals surface area (Å²) >= 11 is 0. The Morgan fingerprint density at radius 1 is 1.12 bits per heavy atom. The quantitative estimate of drug-likeness (QED) is 0.411. The number of aliphatic imine (C=N–C) groups is 1. The molecule has 11 heteroatoms. The van der Waals surface area contributed by atoms with Crippen LogP contribution < -0.4 is 5.73 Å². The van der Waals surface area contributed by atoms with Crippen LogP contribution in [0.3, 0.4) is 0 Å². The molecule has 2 aliphatic rings. The zero-order valence-electron chi connectivity index (χ0n) is 22.1. The minimum atomic E-state index is -0.834. The minimum Gasteiger partial charge on any atom is -0.480 e. The number of nitrogens with two attached hydrogens (primary N) is 1. The number of ether oxygens (including phenoxy) is 1. The number of nitrogens with zero attached hydrogens (tertiary/aromatic N) is 5. The van der Waals surface area contributed by atoms with E-state index in [-0.39, 0.29) is 24.7 Å². The zero-order valence-corrected chi connectivity index (χ0v) is 22.1. The van der Waals surface area contributed by atoms with Crippen molar-refractivity contribution in [3.63, 3.8) is 0 Å². The summed E-state index contributed by atoms with van der Waals surface area (Å²) < 4.78 is 35.7. The van der Waals surface area contributed by atoms with Gasteiger partial charge in [0.25, 0.3) is 0 Å². The van der Waals surface area contributed by atoms with Crippen LogP contribution in [0.5, 0.6) is 0 Å². The molecule has 3 heterocycles. The second kappa shape index (κ2) is 12.6. The number of allylic oxidation sites excluding steroid dienone is 1. The molecule has 9 nitrogen and oxygen atoms in total. The highest BCUT2D eigenvalue weighted by Crippen LogP contribution is 2.30. The van der Waals surface area contributed by atoms with Crippen molar-refractivity contribution in [3.05, 3.63) is 65.6 Å². The normalized spacial score (nSPS) is 18.1. The molecule has 2 aliphatic heterocycles.